The number of benzene rings is 2. The zero-order valence-corrected chi connectivity index (χ0v) is 9.53. The van der Waals surface area contributed by atoms with E-state index in [9.17, 15) is 17.6 Å². The van der Waals surface area contributed by atoms with Gasteiger partial charge in [0.2, 0.25) is 0 Å². The molecular formula is C12H9BF4O2. The normalized spacial score (nSPS) is 9.58. The van der Waals surface area contributed by atoms with Crippen molar-refractivity contribution in [3.05, 3.63) is 65.7 Å². The molecule has 2 nitrogen and oxygen atoms in total. The maximum Gasteiger partial charge on any atom is 0.491 e. The molecule has 0 aliphatic carbocycles. The van der Waals surface area contributed by atoms with Crippen molar-refractivity contribution in [2.75, 3.05) is 0 Å². The first-order valence-electron chi connectivity index (χ1n) is 5.13. The Morgan fingerprint density at radius 2 is 1.16 bits per heavy atom. The minimum Gasteiger partial charge on any atom is -0.423 e. The average Bonchev–Trinajstić information content (AvgIpc) is 2.37. The van der Waals surface area contributed by atoms with Gasteiger partial charge in [0, 0.05) is 5.46 Å². The third-order valence-electron chi connectivity index (χ3n) is 2.08. The molecule has 0 heterocycles. The van der Waals surface area contributed by atoms with Crippen LogP contribution in [0.5, 0.6) is 0 Å². The molecule has 2 aromatic rings. The van der Waals surface area contributed by atoms with E-state index in [1.165, 1.54) is 18.2 Å². The molecule has 2 aromatic carbocycles. The van der Waals surface area contributed by atoms with Gasteiger partial charge in [-0.3, -0.25) is 0 Å². The first kappa shape index (κ1) is 15.2. The van der Waals surface area contributed by atoms with E-state index in [0.29, 0.717) is 0 Å². The quantitative estimate of drug-likeness (QED) is 0.611. The number of hydrogen-bond donors (Lipinski definition) is 2. The Hall–Kier alpha value is -1.86. The summed E-state index contributed by atoms with van der Waals surface area (Å²) in [7, 11) is -1.97. The summed E-state index contributed by atoms with van der Waals surface area (Å²) < 4.78 is 48.8. The zero-order valence-electron chi connectivity index (χ0n) is 9.53. The van der Waals surface area contributed by atoms with E-state index in [2.05, 4.69) is 0 Å². The van der Waals surface area contributed by atoms with Crippen LogP contribution in [0.2, 0.25) is 0 Å². The van der Waals surface area contributed by atoms with E-state index in [1.54, 1.807) is 0 Å². The van der Waals surface area contributed by atoms with Crippen LogP contribution < -0.4 is 5.46 Å². The molecule has 0 amide bonds. The van der Waals surface area contributed by atoms with Crippen LogP contribution >= 0.6 is 0 Å². The van der Waals surface area contributed by atoms with E-state index in [-0.39, 0.29) is 0 Å². The van der Waals surface area contributed by atoms with Gasteiger partial charge in [-0.25, -0.2) is 17.6 Å². The molecule has 0 saturated heterocycles. The summed E-state index contributed by atoms with van der Waals surface area (Å²) in [6.45, 7) is 0. The Kier molecular flexibility index (Phi) is 5.53. The van der Waals surface area contributed by atoms with Gasteiger partial charge in [-0.15, -0.1) is 0 Å². The highest BCUT2D eigenvalue weighted by atomic mass is 19.2. The van der Waals surface area contributed by atoms with E-state index >= 15 is 0 Å². The van der Waals surface area contributed by atoms with Crippen molar-refractivity contribution in [2.24, 2.45) is 0 Å². The summed E-state index contributed by atoms with van der Waals surface area (Å²) in [4.78, 5) is 0. The Labute approximate surface area is 107 Å². The second-order valence-electron chi connectivity index (χ2n) is 3.43. The maximum atomic E-state index is 12.6. The monoisotopic (exact) mass is 272 g/mol. The Morgan fingerprint density at radius 3 is 1.53 bits per heavy atom. The molecule has 2 rings (SSSR count). The Bertz CT molecular complexity index is 528. The van der Waals surface area contributed by atoms with Crippen LogP contribution in [0.15, 0.2) is 42.5 Å². The van der Waals surface area contributed by atoms with Crippen LogP contribution in [0.1, 0.15) is 0 Å². The van der Waals surface area contributed by atoms with Gasteiger partial charge in [0.25, 0.3) is 0 Å². The van der Waals surface area contributed by atoms with Crippen LogP contribution in [0.3, 0.4) is 0 Å². The number of hydrogen-bond acceptors (Lipinski definition) is 2. The molecule has 0 radical (unpaired) electrons. The van der Waals surface area contributed by atoms with Gasteiger partial charge in [-0.2, -0.15) is 0 Å². The molecule has 0 spiro atoms. The highest BCUT2D eigenvalue weighted by molar-refractivity contribution is 6.58. The van der Waals surface area contributed by atoms with Gasteiger partial charge >= 0.3 is 7.12 Å². The third-order valence-corrected chi connectivity index (χ3v) is 2.08. The van der Waals surface area contributed by atoms with Crippen molar-refractivity contribution < 1.29 is 27.6 Å². The number of rotatable bonds is 1. The predicted octanol–water partition coefficient (Wildman–Crippen LogP) is 1.61. The van der Waals surface area contributed by atoms with E-state index in [1.807, 2.05) is 0 Å². The predicted molar refractivity (Wildman–Crippen MR) is 62.5 cm³/mol. The standard InChI is InChI=1S/C6H5BF2O2.C6H4F2/c8-5-3-1-2-4(6(5)9)7(10)11;7-5-3-1-2-4-6(5)8/h1-3,10-11H;1-4H. The summed E-state index contributed by atoms with van der Waals surface area (Å²) in [6, 6.07) is 8.25. The highest BCUT2D eigenvalue weighted by Crippen LogP contribution is 2.02. The molecule has 7 heteroatoms. The van der Waals surface area contributed by atoms with Gasteiger partial charge in [-0.05, 0) is 18.2 Å². The Morgan fingerprint density at radius 1 is 0.684 bits per heavy atom. The fourth-order valence-electron chi connectivity index (χ4n) is 1.16. The lowest BCUT2D eigenvalue weighted by molar-refractivity contribution is 0.420. The van der Waals surface area contributed by atoms with Crippen molar-refractivity contribution in [3.8, 4) is 0 Å². The van der Waals surface area contributed by atoms with Gasteiger partial charge in [0.15, 0.2) is 23.3 Å². The van der Waals surface area contributed by atoms with Crippen molar-refractivity contribution in [2.45, 2.75) is 0 Å². The van der Waals surface area contributed by atoms with E-state index in [0.717, 1.165) is 24.3 Å². The third kappa shape index (κ3) is 4.38. The van der Waals surface area contributed by atoms with Crippen LogP contribution in [-0.4, -0.2) is 17.2 Å². The molecule has 0 aliphatic heterocycles. The fourth-order valence-corrected chi connectivity index (χ4v) is 1.16. The zero-order chi connectivity index (χ0) is 14.4. The van der Waals surface area contributed by atoms with Crippen LogP contribution in [0, 0.1) is 23.3 Å². The largest absolute Gasteiger partial charge is 0.491 e. The van der Waals surface area contributed by atoms with Gasteiger partial charge < -0.3 is 10.0 Å². The molecule has 2 N–H and O–H groups in total. The molecule has 0 bridgehead atoms. The van der Waals surface area contributed by atoms with E-state index in [4.69, 9.17) is 10.0 Å². The smallest absolute Gasteiger partial charge is 0.423 e. The first-order chi connectivity index (χ1) is 8.93. The summed E-state index contributed by atoms with van der Waals surface area (Å²) in [6.07, 6.45) is 0. The minimum absolute atomic E-state index is 0.454. The molecule has 0 fully saturated rings. The van der Waals surface area contributed by atoms with Gasteiger partial charge in [0.05, 0.1) is 0 Å². The SMILES string of the molecule is Fc1ccccc1F.OB(O)c1cccc(F)c1F. The molecule has 0 aliphatic rings. The fraction of sp³-hybridized carbons (Fsp3) is 0. The van der Waals surface area contributed by atoms with Crippen LogP contribution in [-0.2, 0) is 0 Å². The molecular weight excluding hydrogens is 263 g/mol. The first-order valence-corrected chi connectivity index (χ1v) is 5.13. The summed E-state index contributed by atoms with van der Waals surface area (Å²) in [5.41, 5.74) is -0.454. The second-order valence-corrected chi connectivity index (χ2v) is 3.43. The molecule has 0 atom stereocenters. The second kappa shape index (κ2) is 6.91. The average molecular weight is 272 g/mol. The van der Waals surface area contributed by atoms with E-state index < -0.39 is 35.9 Å². The maximum absolute atomic E-state index is 12.6. The summed E-state index contributed by atoms with van der Waals surface area (Å²) in [5, 5.41) is 17.0. The minimum atomic E-state index is -1.97. The van der Waals surface area contributed by atoms with Gasteiger partial charge in [0.1, 0.15) is 0 Å². The number of halogens is 4. The lowest BCUT2D eigenvalue weighted by Gasteiger charge is -2.00. The summed E-state index contributed by atoms with van der Waals surface area (Å²) >= 11 is 0. The van der Waals surface area contributed by atoms with Crippen LogP contribution in [0.4, 0.5) is 17.6 Å². The molecule has 100 valence electrons. The van der Waals surface area contributed by atoms with Gasteiger partial charge in [-0.1, -0.05) is 24.3 Å². The van der Waals surface area contributed by atoms with Crippen molar-refractivity contribution >= 4 is 12.6 Å². The molecule has 0 aromatic heterocycles. The Balaban J connectivity index is 0.000000200. The van der Waals surface area contributed by atoms with Crippen molar-refractivity contribution in [1.29, 1.82) is 0 Å². The van der Waals surface area contributed by atoms with Crippen molar-refractivity contribution in [1.82, 2.24) is 0 Å². The molecule has 0 unspecified atom stereocenters. The van der Waals surface area contributed by atoms with Crippen LogP contribution in [0.25, 0.3) is 0 Å². The topological polar surface area (TPSA) is 40.5 Å². The van der Waals surface area contributed by atoms with Crippen molar-refractivity contribution in [3.63, 3.8) is 0 Å². The lowest BCUT2D eigenvalue weighted by atomic mass is 9.80. The lowest BCUT2D eigenvalue weighted by Crippen LogP contribution is -2.33. The summed E-state index contributed by atoms with van der Waals surface area (Å²) in [5.74, 6) is -3.90. The molecule has 19 heavy (non-hydrogen) atoms. The molecule has 0 saturated carbocycles. The highest BCUT2D eigenvalue weighted by Gasteiger charge is 2.18.